The van der Waals surface area contributed by atoms with E-state index in [0.29, 0.717) is 12.0 Å². The second-order valence-corrected chi connectivity index (χ2v) is 6.03. The van der Waals surface area contributed by atoms with Crippen LogP contribution in [-0.2, 0) is 6.54 Å². The highest BCUT2D eigenvalue weighted by Gasteiger charge is 2.24. The van der Waals surface area contributed by atoms with Crippen molar-refractivity contribution >= 4 is 11.5 Å². The maximum atomic E-state index is 4.69. The molecule has 0 radical (unpaired) electrons. The zero-order valence-electron chi connectivity index (χ0n) is 11.9. The van der Waals surface area contributed by atoms with Crippen molar-refractivity contribution in [3.05, 3.63) is 23.4 Å². The second-order valence-electron chi connectivity index (χ2n) is 6.03. The Bertz CT molecular complexity index is 485. The van der Waals surface area contributed by atoms with E-state index in [1.54, 1.807) is 0 Å². The molecule has 1 saturated carbocycles. The summed E-state index contributed by atoms with van der Waals surface area (Å²) in [6.45, 7) is 5.25. The van der Waals surface area contributed by atoms with Gasteiger partial charge in [-0.3, -0.25) is 4.99 Å². The number of rotatable bonds is 3. The first kappa shape index (κ1) is 12.6. The van der Waals surface area contributed by atoms with Gasteiger partial charge < -0.3 is 5.32 Å². The molecule has 2 aliphatic rings. The van der Waals surface area contributed by atoms with Crippen LogP contribution in [0.5, 0.6) is 0 Å². The van der Waals surface area contributed by atoms with Crippen LogP contribution >= 0.6 is 0 Å². The lowest BCUT2D eigenvalue weighted by Crippen LogP contribution is -2.24. The molecule has 0 atom stereocenters. The maximum absolute atomic E-state index is 4.69. The van der Waals surface area contributed by atoms with Gasteiger partial charge >= 0.3 is 0 Å². The Balaban J connectivity index is 1.86. The summed E-state index contributed by atoms with van der Waals surface area (Å²) >= 11 is 0. The monoisotopic (exact) mass is 257 g/mol. The molecule has 0 unspecified atom stereocenters. The fourth-order valence-electron chi connectivity index (χ4n) is 3.19. The highest BCUT2D eigenvalue weighted by Crippen LogP contribution is 2.30. The summed E-state index contributed by atoms with van der Waals surface area (Å²) in [5.41, 5.74) is 3.83. The molecule has 0 spiro atoms. The second kappa shape index (κ2) is 5.32. The van der Waals surface area contributed by atoms with Gasteiger partial charge in [-0.15, -0.1) is 0 Å². The van der Waals surface area contributed by atoms with E-state index < -0.39 is 0 Å². The van der Waals surface area contributed by atoms with E-state index in [1.807, 2.05) is 6.20 Å². The summed E-state index contributed by atoms with van der Waals surface area (Å²) in [6.07, 6.45) is 8.55. The summed E-state index contributed by atoms with van der Waals surface area (Å²) in [5, 5.41) is 3.67. The van der Waals surface area contributed by atoms with Crippen molar-refractivity contribution in [2.75, 3.05) is 5.32 Å². The van der Waals surface area contributed by atoms with Crippen LogP contribution in [0, 0.1) is 5.92 Å². The number of aliphatic imine (C=N–C) groups is 1. The third-order valence-electron chi connectivity index (χ3n) is 4.21. The smallest absolute Gasteiger partial charge is 0.135 e. The van der Waals surface area contributed by atoms with Crippen LogP contribution in [0.4, 0.5) is 5.82 Å². The van der Waals surface area contributed by atoms with Crippen molar-refractivity contribution in [1.29, 1.82) is 0 Å². The van der Waals surface area contributed by atoms with E-state index in [1.165, 1.54) is 48.9 Å². The van der Waals surface area contributed by atoms with Gasteiger partial charge in [0.05, 0.1) is 6.54 Å². The van der Waals surface area contributed by atoms with Crippen molar-refractivity contribution in [1.82, 2.24) is 4.98 Å². The Morgan fingerprint density at radius 3 is 2.74 bits per heavy atom. The third-order valence-corrected chi connectivity index (χ3v) is 4.21. The van der Waals surface area contributed by atoms with Gasteiger partial charge in [-0.05, 0) is 30.4 Å². The van der Waals surface area contributed by atoms with Gasteiger partial charge in [-0.25, -0.2) is 4.98 Å². The molecule has 1 aromatic rings. The minimum absolute atomic E-state index is 0.470. The molecule has 1 aliphatic carbocycles. The molecule has 1 fully saturated rings. The van der Waals surface area contributed by atoms with E-state index in [4.69, 9.17) is 4.99 Å². The number of nitrogens with one attached hydrogen (secondary N) is 1. The topological polar surface area (TPSA) is 37.3 Å². The first-order valence-corrected chi connectivity index (χ1v) is 7.55. The van der Waals surface area contributed by atoms with Gasteiger partial charge in [0.15, 0.2) is 0 Å². The number of hydrogen-bond donors (Lipinski definition) is 1. The molecule has 1 N–H and O–H groups in total. The van der Waals surface area contributed by atoms with Crippen LogP contribution in [0.15, 0.2) is 17.3 Å². The van der Waals surface area contributed by atoms with Crippen molar-refractivity contribution in [2.45, 2.75) is 58.5 Å². The van der Waals surface area contributed by atoms with Crippen molar-refractivity contribution in [3.8, 4) is 0 Å². The highest BCUT2D eigenvalue weighted by atomic mass is 15.0. The lowest BCUT2D eigenvalue weighted by atomic mass is 9.94. The van der Waals surface area contributed by atoms with Gasteiger partial charge in [0, 0.05) is 23.5 Å². The molecule has 3 heteroatoms. The summed E-state index contributed by atoms with van der Waals surface area (Å²) in [4.78, 5) is 9.28. The van der Waals surface area contributed by atoms with Gasteiger partial charge in [0.1, 0.15) is 5.82 Å². The van der Waals surface area contributed by atoms with E-state index >= 15 is 0 Å². The minimum Gasteiger partial charge on any atom is -0.367 e. The predicted octanol–water partition coefficient (Wildman–Crippen LogP) is 3.78. The number of nitrogens with zero attached hydrogens (tertiary/aromatic N) is 2. The van der Waals surface area contributed by atoms with Crippen molar-refractivity contribution in [2.24, 2.45) is 10.9 Å². The Kier molecular flexibility index (Phi) is 3.54. The van der Waals surface area contributed by atoms with Crippen LogP contribution in [0.1, 0.15) is 57.1 Å². The quantitative estimate of drug-likeness (QED) is 0.894. The molecule has 19 heavy (non-hydrogen) atoms. The molecule has 0 saturated heterocycles. The number of hydrogen-bond acceptors (Lipinski definition) is 3. The molecular formula is C16H23N3. The van der Waals surface area contributed by atoms with Gasteiger partial charge in [-0.2, -0.15) is 0 Å². The predicted molar refractivity (Wildman–Crippen MR) is 79.8 cm³/mol. The molecule has 1 aromatic heterocycles. The number of pyridine rings is 1. The van der Waals surface area contributed by atoms with Crippen LogP contribution in [0.25, 0.3) is 0 Å². The largest absolute Gasteiger partial charge is 0.367 e. The first-order chi connectivity index (χ1) is 9.25. The van der Waals surface area contributed by atoms with Crippen LogP contribution in [0.2, 0.25) is 0 Å². The molecule has 1 aliphatic heterocycles. The third kappa shape index (κ3) is 2.51. The molecule has 3 nitrogen and oxygen atoms in total. The van der Waals surface area contributed by atoms with E-state index in [2.05, 4.69) is 30.2 Å². The highest BCUT2D eigenvalue weighted by molar-refractivity contribution is 6.08. The molecule has 0 amide bonds. The summed E-state index contributed by atoms with van der Waals surface area (Å²) in [7, 11) is 0. The zero-order chi connectivity index (χ0) is 13.2. The average molecular weight is 257 g/mol. The lowest BCUT2D eigenvalue weighted by molar-refractivity contribution is 0.462. The zero-order valence-corrected chi connectivity index (χ0v) is 11.9. The Morgan fingerprint density at radius 1 is 1.21 bits per heavy atom. The van der Waals surface area contributed by atoms with Crippen LogP contribution in [-0.4, -0.2) is 16.7 Å². The number of aromatic nitrogens is 1. The van der Waals surface area contributed by atoms with Crippen LogP contribution in [0.3, 0.4) is 0 Å². The fourth-order valence-corrected chi connectivity index (χ4v) is 3.19. The normalized spacial score (nSPS) is 19.4. The number of anilines is 1. The fraction of sp³-hybridized carbons (Fsp3) is 0.625. The van der Waals surface area contributed by atoms with Crippen molar-refractivity contribution < 1.29 is 0 Å². The van der Waals surface area contributed by atoms with E-state index in [-0.39, 0.29) is 0 Å². The van der Waals surface area contributed by atoms with Gasteiger partial charge in [0.25, 0.3) is 0 Å². The Labute approximate surface area is 115 Å². The Morgan fingerprint density at radius 2 is 2.00 bits per heavy atom. The Hall–Kier alpha value is -1.38. The minimum atomic E-state index is 0.470. The SMILES string of the molecule is CC(C)C1=NCc2ccnc(NC3CCCCC3)c21. The maximum Gasteiger partial charge on any atom is 0.135 e. The molecule has 102 valence electrons. The molecule has 2 heterocycles. The van der Waals surface area contributed by atoms with E-state index in [9.17, 15) is 0 Å². The molecule has 0 bridgehead atoms. The standard InChI is InChI=1S/C16H23N3/c1-11(2)15-14-12(10-18-15)8-9-17-16(14)19-13-6-4-3-5-7-13/h8-9,11,13H,3-7,10H2,1-2H3,(H,17,19). The van der Waals surface area contributed by atoms with Crippen molar-refractivity contribution in [3.63, 3.8) is 0 Å². The molecule has 0 aromatic carbocycles. The lowest BCUT2D eigenvalue weighted by Gasteiger charge is -2.24. The van der Waals surface area contributed by atoms with Gasteiger partial charge in [-0.1, -0.05) is 33.1 Å². The first-order valence-electron chi connectivity index (χ1n) is 7.55. The van der Waals surface area contributed by atoms with E-state index in [0.717, 1.165) is 12.4 Å². The summed E-state index contributed by atoms with van der Waals surface area (Å²) in [6, 6.07) is 2.71. The van der Waals surface area contributed by atoms with Gasteiger partial charge in [0.2, 0.25) is 0 Å². The molecular weight excluding hydrogens is 234 g/mol. The average Bonchev–Trinajstić information content (AvgIpc) is 2.85. The number of fused-ring (bicyclic) bond motifs is 1. The summed E-state index contributed by atoms with van der Waals surface area (Å²) < 4.78 is 0. The van der Waals surface area contributed by atoms with Crippen LogP contribution < -0.4 is 5.32 Å². The summed E-state index contributed by atoms with van der Waals surface area (Å²) in [5.74, 6) is 1.53. The molecule has 3 rings (SSSR count).